The van der Waals surface area contributed by atoms with E-state index in [-0.39, 0.29) is 6.04 Å². The monoisotopic (exact) mass is 312 g/mol. The molecule has 21 heavy (non-hydrogen) atoms. The Morgan fingerprint density at radius 3 is 2.90 bits per heavy atom. The number of rotatable bonds is 7. The highest BCUT2D eigenvalue weighted by Gasteiger charge is 2.30. The summed E-state index contributed by atoms with van der Waals surface area (Å²) in [6.07, 6.45) is 1.62. The van der Waals surface area contributed by atoms with Gasteiger partial charge in [-0.1, -0.05) is 12.1 Å². The lowest BCUT2D eigenvalue weighted by atomic mass is 10.2. The fourth-order valence-electron chi connectivity index (χ4n) is 2.57. The Balaban J connectivity index is 1.69. The van der Waals surface area contributed by atoms with E-state index in [9.17, 15) is 8.42 Å². The van der Waals surface area contributed by atoms with Gasteiger partial charge in [-0.05, 0) is 37.6 Å². The van der Waals surface area contributed by atoms with E-state index in [0.29, 0.717) is 24.7 Å². The van der Waals surface area contributed by atoms with Gasteiger partial charge in [-0.15, -0.1) is 0 Å². The van der Waals surface area contributed by atoms with Gasteiger partial charge in [0.05, 0.1) is 18.1 Å². The maximum atomic E-state index is 11.5. The Kier molecular flexibility index (Phi) is 5.61. The molecule has 0 amide bonds. The van der Waals surface area contributed by atoms with Crippen molar-refractivity contribution in [3.8, 4) is 5.75 Å². The quantitative estimate of drug-likeness (QED) is 0.762. The van der Waals surface area contributed by atoms with Crippen LogP contribution in [0, 0.1) is 0 Å². The van der Waals surface area contributed by atoms with Crippen molar-refractivity contribution in [2.45, 2.75) is 25.4 Å². The fraction of sp³-hybridized carbons (Fsp3) is 0.600. The first-order valence-electron chi connectivity index (χ1n) is 7.32. The fourth-order valence-corrected chi connectivity index (χ4v) is 4.38. The van der Waals surface area contributed by atoms with Crippen molar-refractivity contribution in [3.63, 3.8) is 0 Å². The highest BCUT2D eigenvalue weighted by molar-refractivity contribution is 7.91. The second-order valence-electron chi connectivity index (χ2n) is 5.59. The highest BCUT2D eigenvalue weighted by Crippen LogP contribution is 2.17. The maximum Gasteiger partial charge on any atom is 0.151 e. The Morgan fingerprint density at radius 1 is 1.43 bits per heavy atom. The average molecular weight is 312 g/mol. The smallest absolute Gasteiger partial charge is 0.151 e. The molecule has 0 radical (unpaired) electrons. The van der Waals surface area contributed by atoms with Crippen LogP contribution >= 0.6 is 0 Å². The second kappa shape index (κ2) is 7.24. The second-order valence-corrected chi connectivity index (χ2v) is 7.82. The minimum absolute atomic E-state index is 0.163. The van der Waals surface area contributed by atoms with Crippen LogP contribution in [0.3, 0.4) is 0 Å². The zero-order chi connectivity index (χ0) is 15.3. The van der Waals surface area contributed by atoms with Gasteiger partial charge in [0.15, 0.2) is 9.84 Å². The molecule has 6 heteroatoms. The van der Waals surface area contributed by atoms with Crippen LogP contribution in [0.1, 0.15) is 18.4 Å². The van der Waals surface area contributed by atoms with Crippen LogP contribution in [-0.2, 0) is 16.4 Å². The lowest BCUT2D eigenvalue weighted by Gasteiger charge is -2.22. The third-order valence-electron chi connectivity index (χ3n) is 3.89. The molecule has 1 heterocycles. The molecule has 1 fully saturated rings. The van der Waals surface area contributed by atoms with Crippen LogP contribution in [0.5, 0.6) is 5.75 Å². The van der Waals surface area contributed by atoms with E-state index in [1.165, 1.54) is 0 Å². The first kappa shape index (κ1) is 16.3. The molecule has 118 valence electrons. The normalized spacial score (nSPS) is 20.8. The number of sulfone groups is 1. The Hall–Kier alpha value is -1.11. The molecule has 1 aliphatic heterocycles. The van der Waals surface area contributed by atoms with Gasteiger partial charge in [0.1, 0.15) is 5.75 Å². The Labute approximate surface area is 127 Å². The third-order valence-corrected chi connectivity index (χ3v) is 5.64. The Morgan fingerprint density at radius 2 is 2.24 bits per heavy atom. The number of nitrogens with zero attached hydrogens (tertiary/aromatic N) is 1. The van der Waals surface area contributed by atoms with E-state index >= 15 is 0 Å². The molecule has 0 bridgehead atoms. The van der Waals surface area contributed by atoms with Gasteiger partial charge in [0.25, 0.3) is 0 Å². The zero-order valence-corrected chi connectivity index (χ0v) is 13.3. The molecule has 1 unspecified atom stereocenters. The molecule has 1 saturated heterocycles. The standard InChI is InChI=1S/C15H24N2O3S/c1-17(14-6-9-21(18,19)12-14)7-3-8-20-15-5-2-4-13(10-15)11-16/h2,4-5,10,14H,3,6-9,11-12,16H2,1H3. The van der Waals surface area contributed by atoms with E-state index in [2.05, 4.69) is 4.90 Å². The summed E-state index contributed by atoms with van der Waals surface area (Å²) < 4.78 is 28.6. The van der Waals surface area contributed by atoms with Gasteiger partial charge in [-0.3, -0.25) is 0 Å². The van der Waals surface area contributed by atoms with Crippen molar-refractivity contribution in [2.24, 2.45) is 5.73 Å². The molecular formula is C15H24N2O3S. The van der Waals surface area contributed by atoms with E-state index in [4.69, 9.17) is 10.5 Å². The molecule has 1 aliphatic rings. The van der Waals surface area contributed by atoms with Crippen LogP contribution in [0.25, 0.3) is 0 Å². The topological polar surface area (TPSA) is 72.6 Å². The van der Waals surface area contributed by atoms with Crippen molar-refractivity contribution >= 4 is 9.84 Å². The van der Waals surface area contributed by atoms with Gasteiger partial charge in [-0.25, -0.2) is 8.42 Å². The van der Waals surface area contributed by atoms with E-state index in [1.54, 1.807) is 0 Å². The van der Waals surface area contributed by atoms with E-state index in [0.717, 1.165) is 30.7 Å². The van der Waals surface area contributed by atoms with Gasteiger partial charge in [0, 0.05) is 19.1 Å². The van der Waals surface area contributed by atoms with Crippen molar-refractivity contribution in [1.82, 2.24) is 4.90 Å². The summed E-state index contributed by atoms with van der Waals surface area (Å²) in [5, 5.41) is 0. The predicted molar refractivity (Wildman–Crippen MR) is 84.1 cm³/mol. The van der Waals surface area contributed by atoms with Gasteiger partial charge in [-0.2, -0.15) is 0 Å². The van der Waals surface area contributed by atoms with Crippen molar-refractivity contribution in [2.75, 3.05) is 31.7 Å². The van der Waals surface area contributed by atoms with Crippen molar-refractivity contribution < 1.29 is 13.2 Å². The maximum absolute atomic E-state index is 11.5. The summed E-state index contributed by atoms with van der Waals surface area (Å²) >= 11 is 0. The third kappa shape index (κ3) is 4.98. The SMILES string of the molecule is CN(CCCOc1cccc(CN)c1)C1CCS(=O)(=O)C1. The summed E-state index contributed by atoms with van der Waals surface area (Å²) in [5.41, 5.74) is 6.65. The highest BCUT2D eigenvalue weighted by atomic mass is 32.2. The van der Waals surface area contributed by atoms with Gasteiger partial charge in [0.2, 0.25) is 0 Å². The lowest BCUT2D eigenvalue weighted by Crippen LogP contribution is -2.34. The number of benzene rings is 1. The minimum atomic E-state index is -2.81. The molecule has 0 aliphatic carbocycles. The first-order valence-corrected chi connectivity index (χ1v) is 9.15. The van der Waals surface area contributed by atoms with Crippen molar-refractivity contribution in [1.29, 1.82) is 0 Å². The summed E-state index contributed by atoms with van der Waals surface area (Å²) in [6, 6.07) is 7.95. The molecule has 2 N–H and O–H groups in total. The van der Waals surface area contributed by atoms with Crippen LogP contribution in [-0.4, -0.2) is 51.1 Å². The number of nitrogens with two attached hydrogens (primary N) is 1. The van der Waals surface area contributed by atoms with Crippen LogP contribution in [0.15, 0.2) is 24.3 Å². The number of hydrogen-bond donors (Lipinski definition) is 1. The van der Waals surface area contributed by atoms with Gasteiger partial charge < -0.3 is 15.4 Å². The molecule has 1 aromatic rings. The number of ether oxygens (including phenoxy) is 1. The van der Waals surface area contributed by atoms with E-state index in [1.807, 2.05) is 31.3 Å². The molecule has 1 atom stereocenters. The van der Waals surface area contributed by atoms with Gasteiger partial charge >= 0.3 is 0 Å². The molecular weight excluding hydrogens is 288 g/mol. The largest absolute Gasteiger partial charge is 0.494 e. The average Bonchev–Trinajstić information content (AvgIpc) is 2.84. The molecule has 1 aromatic carbocycles. The van der Waals surface area contributed by atoms with Crippen LogP contribution in [0.2, 0.25) is 0 Å². The summed E-state index contributed by atoms with van der Waals surface area (Å²) in [4.78, 5) is 2.13. The summed E-state index contributed by atoms with van der Waals surface area (Å²) in [6.45, 7) is 1.98. The Bertz CT molecular complexity index is 560. The molecule has 2 rings (SSSR count). The molecule has 0 saturated carbocycles. The summed E-state index contributed by atoms with van der Waals surface area (Å²) in [5.74, 6) is 1.46. The minimum Gasteiger partial charge on any atom is -0.494 e. The first-order chi connectivity index (χ1) is 10.00. The van der Waals surface area contributed by atoms with Crippen LogP contribution in [0.4, 0.5) is 0 Å². The molecule has 5 nitrogen and oxygen atoms in total. The van der Waals surface area contributed by atoms with Crippen LogP contribution < -0.4 is 10.5 Å². The molecule has 0 spiro atoms. The van der Waals surface area contributed by atoms with E-state index < -0.39 is 9.84 Å². The lowest BCUT2D eigenvalue weighted by molar-refractivity contribution is 0.227. The summed E-state index contributed by atoms with van der Waals surface area (Å²) in [7, 11) is -0.820. The number of hydrogen-bond acceptors (Lipinski definition) is 5. The zero-order valence-electron chi connectivity index (χ0n) is 12.5. The predicted octanol–water partition coefficient (Wildman–Crippen LogP) is 1.03. The van der Waals surface area contributed by atoms with Crippen molar-refractivity contribution in [3.05, 3.63) is 29.8 Å². The molecule has 0 aromatic heterocycles.